The summed E-state index contributed by atoms with van der Waals surface area (Å²) >= 11 is 3.17. The summed E-state index contributed by atoms with van der Waals surface area (Å²) in [5.74, 6) is 0.116. The van der Waals surface area contributed by atoms with Crippen LogP contribution in [-0.2, 0) is 0 Å². The highest BCUT2D eigenvalue weighted by Crippen LogP contribution is 2.27. The number of halogens is 2. The van der Waals surface area contributed by atoms with Crippen LogP contribution in [-0.4, -0.2) is 24.8 Å². The van der Waals surface area contributed by atoms with Gasteiger partial charge in [-0.2, -0.15) is 0 Å². The van der Waals surface area contributed by atoms with Crippen LogP contribution in [0.1, 0.15) is 6.42 Å². The Balaban J connectivity index is 2.13. The fourth-order valence-corrected chi connectivity index (χ4v) is 2.26. The van der Waals surface area contributed by atoms with Crippen molar-refractivity contribution in [2.24, 2.45) is 5.92 Å². The van der Waals surface area contributed by atoms with E-state index in [0.717, 1.165) is 25.2 Å². The van der Waals surface area contributed by atoms with Gasteiger partial charge < -0.3 is 10.0 Å². The molecule has 1 atom stereocenters. The predicted octanol–water partition coefficient (Wildman–Crippen LogP) is 2.41. The second-order valence-corrected chi connectivity index (χ2v) is 4.74. The summed E-state index contributed by atoms with van der Waals surface area (Å²) in [6.45, 7) is 2.02. The first-order valence-corrected chi connectivity index (χ1v) is 5.81. The lowest BCUT2D eigenvalue weighted by Gasteiger charge is -2.18. The second-order valence-electron chi connectivity index (χ2n) is 3.88. The molecule has 2 rings (SSSR count). The standard InChI is InChI=1S/C11H13BrFNO/c12-10-5-9(1-2-11(10)13)14-4-3-8(6-14)7-15/h1-2,5,8,15H,3-4,6-7H2. The lowest BCUT2D eigenvalue weighted by molar-refractivity contribution is 0.238. The normalized spacial score (nSPS) is 21.0. The monoisotopic (exact) mass is 273 g/mol. The summed E-state index contributed by atoms with van der Waals surface area (Å²) in [6, 6.07) is 5.03. The molecular weight excluding hydrogens is 261 g/mol. The maximum atomic E-state index is 13.0. The van der Waals surface area contributed by atoms with E-state index in [1.165, 1.54) is 6.07 Å². The van der Waals surface area contributed by atoms with Crippen LogP contribution in [0.5, 0.6) is 0 Å². The fourth-order valence-electron chi connectivity index (χ4n) is 1.90. The third-order valence-corrected chi connectivity index (χ3v) is 3.42. The van der Waals surface area contributed by atoms with Gasteiger partial charge in [0.25, 0.3) is 0 Å². The highest BCUT2D eigenvalue weighted by atomic mass is 79.9. The molecule has 1 N–H and O–H groups in total. The Bertz CT molecular complexity index is 358. The Labute approximate surface area is 96.8 Å². The predicted molar refractivity (Wildman–Crippen MR) is 61.5 cm³/mol. The lowest BCUT2D eigenvalue weighted by Crippen LogP contribution is -2.20. The largest absolute Gasteiger partial charge is 0.396 e. The van der Waals surface area contributed by atoms with Crippen molar-refractivity contribution in [2.45, 2.75) is 6.42 Å². The van der Waals surface area contributed by atoms with Crippen LogP contribution >= 0.6 is 15.9 Å². The van der Waals surface area contributed by atoms with Crippen LogP contribution in [0.2, 0.25) is 0 Å². The first kappa shape index (κ1) is 10.9. The quantitative estimate of drug-likeness (QED) is 0.895. The van der Waals surface area contributed by atoms with Gasteiger partial charge in [-0.05, 0) is 40.5 Å². The number of nitrogens with zero attached hydrogens (tertiary/aromatic N) is 1. The Kier molecular flexibility index (Phi) is 3.26. The van der Waals surface area contributed by atoms with Gasteiger partial charge in [-0.25, -0.2) is 4.39 Å². The maximum absolute atomic E-state index is 13.0. The lowest BCUT2D eigenvalue weighted by atomic mass is 10.1. The molecule has 0 saturated carbocycles. The van der Waals surface area contributed by atoms with E-state index < -0.39 is 0 Å². The van der Waals surface area contributed by atoms with Gasteiger partial charge in [0.05, 0.1) is 4.47 Å². The van der Waals surface area contributed by atoms with E-state index in [1.54, 1.807) is 12.1 Å². The van der Waals surface area contributed by atoms with Crippen molar-refractivity contribution >= 4 is 21.6 Å². The third-order valence-electron chi connectivity index (χ3n) is 2.81. The molecule has 1 aromatic rings. The molecule has 4 heteroatoms. The van der Waals surface area contributed by atoms with E-state index in [4.69, 9.17) is 5.11 Å². The van der Waals surface area contributed by atoms with Gasteiger partial charge in [-0.15, -0.1) is 0 Å². The fraction of sp³-hybridized carbons (Fsp3) is 0.455. The number of hydrogen-bond donors (Lipinski definition) is 1. The van der Waals surface area contributed by atoms with Gasteiger partial charge in [0, 0.05) is 31.3 Å². The molecule has 1 heterocycles. The Hall–Kier alpha value is -0.610. The van der Waals surface area contributed by atoms with Crippen LogP contribution in [0, 0.1) is 11.7 Å². The highest BCUT2D eigenvalue weighted by molar-refractivity contribution is 9.10. The second kappa shape index (κ2) is 4.49. The minimum absolute atomic E-state index is 0.235. The smallest absolute Gasteiger partial charge is 0.137 e. The Morgan fingerprint density at radius 2 is 2.33 bits per heavy atom. The Morgan fingerprint density at radius 3 is 2.93 bits per heavy atom. The van der Waals surface area contributed by atoms with Gasteiger partial charge in [0.2, 0.25) is 0 Å². The molecule has 0 amide bonds. The van der Waals surface area contributed by atoms with Gasteiger partial charge in [-0.1, -0.05) is 0 Å². The first-order valence-electron chi connectivity index (χ1n) is 5.01. The zero-order chi connectivity index (χ0) is 10.8. The van der Waals surface area contributed by atoms with Crippen molar-refractivity contribution in [1.82, 2.24) is 0 Å². The summed E-state index contributed by atoms with van der Waals surface area (Å²) < 4.78 is 13.5. The van der Waals surface area contributed by atoms with Gasteiger partial charge in [0.15, 0.2) is 0 Å². The van der Waals surface area contributed by atoms with Crippen LogP contribution < -0.4 is 4.90 Å². The number of anilines is 1. The minimum Gasteiger partial charge on any atom is -0.396 e. The molecule has 0 aliphatic carbocycles. The number of hydrogen-bond acceptors (Lipinski definition) is 2. The van der Waals surface area contributed by atoms with E-state index in [9.17, 15) is 4.39 Å². The summed E-state index contributed by atoms with van der Waals surface area (Å²) in [5.41, 5.74) is 1.01. The number of rotatable bonds is 2. The van der Waals surface area contributed by atoms with E-state index in [-0.39, 0.29) is 12.4 Å². The molecule has 1 unspecified atom stereocenters. The van der Waals surface area contributed by atoms with Crippen LogP contribution in [0.4, 0.5) is 10.1 Å². The zero-order valence-electron chi connectivity index (χ0n) is 8.29. The van der Waals surface area contributed by atoms with Gasteiger partial charge >= 0.3 is 0 Å². The van der Waals surface area contributed by atoms with Crippen molar-refractivity contribution in [2.75, 3.05) is 24.6 Å². The van der Waals surface area contributed by atoms with E-state index >= 15 is 0 Å². The number of benzene rings is 1. The molecule has 1 aliphatic heterocycles. The summed E-state index contributed by atoms with van der Waals surface area (Å²) in [5, 5.41) is 9.03. The first-order chi connectivity index (χ1) is 7.20. The zero-order valence-corrected chi connectivity index (χ0v) is 9.87. The molecule has 2 nitrogen and oxygen atoms in total. The molecule has 1 aromatic carbocycles. The Morgan fingerprint density at radius 1 is 1.53 bits per heavy atom. The van der Waals surface area contributed by atoms with Gasteiger partial charge in [-0.3, -0.25) is 0 Å². The summed E-state index contributed by atoms with van der Waals surface area (Å²) in [4.78, 5) is 2.17. The van der Waals surface area contributed by atoms with Crippen molar-refractivity contribution in [3.63, 3.8) is 0 Å². The number of aliphatic hydroxyl groups excluding tert-OH is 1. The van der Waals surface area contributed by atoms with E-state index in [0.29, 0.717) is 10.4 Å². The topological polar surface area (TPSA) is 23.5 Å². The molecule has 15 heavy (non-hydrogen) atoms. The minimum atomic E-state index is -0.239. The van der Waals surface area contributed by atoms with Crippen molar-refractivity contribution in [1.29, 1.82) is 0 Å². The molecule has 0 spiro atoms. The number of aliphatic hydroxyl groups is 1. The van der Waals surface area contributed by atoms with Crippen molar-refractivity contribution in [3.05, 3.63) is 28.5 Å². The molecular formula is C11H13BrFNO. The summed E-state index contributed by atoms with van der Waals surface area (Å²) in [6.07, 6.45) is 1.01. The van der Waals surface area contributed by atoms with Gasteiger partial charge in [0.1, 0.15) is 5.82 Å². The van der Waals surface area contributed by atoms with Crippen LogP contribution in [0.25, 0.3) is 0 Å². The van der Waals surface area contributed by atoms with E-state index in [2.05, 4.69) is 20.8 Å². The summed E-state index contributed by atoms with van der Waals surface area (Å²) in [7, 11) is 0. The molecule has 1 aliphatic rings. The van der Waals surface area contributed by atoms with Crippen LogP contribution in [0.3, 0.4) is 0 Å². The molecule has 1 fully saturated rings. The van der Waals surface area contributed by atoms with Crippen molar-refractivity contribution < 1.29 is 9.50 Å². The highest BCUT2D eigenvalue weighted by Gasteiger charge is 2.22. The molecule has 0 radical (unpaired) electrons. The molecule has 0 aromatic heterocycles. The molecule has 1 saturated heterocycles. The molecule has 82 valence electrons. The van der Waals surface area contributed by atoms with Crippen LogP contribution in [0.15, 0.2) is 22.7 Å². The molecule has 0 bridgehead atoms. The van der Waals surface area contributed by atoms with E-state index in [1.807, 2.05) is 0 Å². The van der Waals surface area contributed by atoms with Crippen molar-refractivity contribution in [3.8, 4) is 0 Å². The average molecular weight is 274 g/mol. The SMILES string of the molecule is OCC1CCN(c2ccc(F)c(Br)c2)C1. The third kappa shape index (κ3) is 2.32. The average Bonchev–Trinajstić information content (AvgIpc) is 2.70. The maximum Gasteiger partial charge on any atom is 0.137 e.